The quantitative estimate of drug-likeness (QED) is 0.846. The van der Waals surface area contributed by atoms with E-state index < -0.39 is 0 Å². The van der Waals surface area contributed by atoms with Gasteiger partial charge in [0.2, 0.25) is 0 Å². The number of rotatable bonds is 5. The number of aromatic nitrogens is 2. The highest BCUT2D eigenvalue weighted by Crippen LogP contribution is 2.20. The van der Waals surface area contributed by atoms with Crippen LogP contribution in [0.25, 0.3) is 12.7 Å². The standard InChI is InChI=1S/C23H29N3O3/c1-17(2)8-7-11-21-18(3)24-22(27)26(21)20-12-14-25(15-13-20)23(28)29-16-19-9-5-4-6-10-19/h4-11,17,20H,3,12-16H2,1-2H3,(H,24,27)/b8-7-,21-11+. The molecule has 6 heteroatoms. The maximum absolute atomic E-state index is 12.4. The van der Waals surface area contributed by atoms with Gasteiger partial charge >= 0.3 is 11.8 Å². The Morgan fingerprint density at radius 2 is 1.97 bits per heavy atom. The molecule has 1 amide bonds. The molecule has 1 N–H and O–H groups in total. The van der Waals surface area contributed by atoms with E-state index in [1.165, 1.54) is 0 Å². The van der Waals surface area contributed by atoms with Crippen molar-refractivity contribution in [1.29, 1.82) is 0 Å². The number of carbonyl (C=O) groups is 1. The lowest BCUT2D eigenvalue weighted by atomic mass is 10.1. The van der Waals surface area contributed by atoms with E-state index >= 15 is 0 Å². The third-order valence-corrected chi connectivity index (χ3v) is 5.09. The van der Waals surface area contributed by atoms with Crippen LogP contribution in [0.1, 0.15) is 38.3 Å². The molecule has 1 aromatic carbocycles. The van der Waals surface area contributed by atoms with E-state index in [9.17, 15) is 9.59 Å². The number of hydrogen-bond acceptors (Lipinski definition) is 3. The topological polar surface area (TPSA) is 67.3 Å². The summed E-state index contributed by atoms with van der Waals surface area (Å²) in [5.41, 5.74) is 0.816. The van der Waals surface area contributed by atoms with Crippen molar-refractivity contribution in [2.75, 3.05) is 13.1 Å². The summed E-state index contributed by atoms with van der Waals surface area (Å²) < 4.78 is 7.20. The van der Waals surface area contributed by atoms with E-state index in [-0.39, 0.29) is 24.4 Å². The smallest absolute Gasteiger partial charge is 0.410 e. The second-order valence-corrected chi connectivity index (χ2v) is 7.72. The molecule has 0 unspecified atom stereocenters. The number of imidazole rings is 1. The summed E-state index contributed by atoms with van der Waals surface area (Å²) in [7, 11) is 0. The zero-order chi connectivity index (χ0) is 20.8. The predicted octanol–water partition coefficient (Wildman–Crippen LogP) is 2.55. The van der Waals surface area contributed by atoms with E-state index in [2.05, 4.69) is 31.5 Å². The summed E-state index contributed by atoms with van der Waals surface area (Å²) in [6.45, 7) is 9.56. The van der Waals surface area contributed by atoms with Gasteiger partial charge in [-0.25, -0.2) is 9.59 Å². The van der Waals surface area contributed by atoms with Crippen LogP contribution in [-0.4, -0.2) is 33.6 Å². The summed E-state index contributed by atoms with van der Waals surface area (Å²) in [5, 5.41) is 1.42. The molecule has 1 aliphatic heterocycles. The monoisotopic (exact) mass is 395 g/mol. The number of nitrogens with one attached hydrogen (secondary N) is 1. The van der Waals surface area contributed by atoms with Crippen molar-refractivity contribution >= 4 is 18.7 Å². The Hall–Kier alpha value is -3.02. The van der Waals surface area contributed by atoms with E-state index in [1.807, 2.05) is 42.5 Å². The second kappa shape index (κ2) is 9.45. The van der Waals surface area contributed by atoms with Gasteiger partial charge in [0, 0.05) is 19.1 Å². The first-order valence-corrected chi connectivity index (χ1v) is 10.1. The van der Waals surface area contributed by atoms with Crippen LogP contribution in [0, 0.1) is 5.92 Å². The molecule has 0 aliphatic carbocycles. The van der Waals surface area contributed by atoms with Crippen LogP contribution in [0.3, 0.4) is 0 Å². The number of piperidine rings is 1. The summed E-state index contributed by atoms with van der Waals surface area (Å²) in [4.78, 5) is 29.3. The molecule has 2 heterocycles. The Morgan fingerprint density at radius 1 is 1.28 bits per heavy atom. The molecule has 154 valence electrons. The molecule has 1 saturated heterocycles. The van der Waals surface area contributed by atoms with Crippen molar-refractivity contribution < 1.29 is 9.53 Å². The Balaban J connectivity index is 1.64. The fraction of sp³-hybridized carbons (Fsp3) is 0.391. The van der Waals surface area contributed by atoms with Crippen molar-refractivity contribution in [1.82, 2.24) is 14.5 Å². The van der Waals surface area contributed by atoms with Crippen molar-refractivity contribution in [3.63, 3.8) is 0 Å². The second-order valence-electron chi connectivity index (χ2n) is 7.72. The van der Waals surface area contributed by atoms with E-state index in [0.717, 1.165) is 10.9 Å². The van der Waals surface area contributed by atoms with Crippen molar-refractivity contribution in [2.24, 2.45) is 5.92 Å². The minimum absolute atomic E-state index is 0.0334. The molecule has 0 radical (unpaired) electrons. The molecule has 1 aromatic heterocycles. The van der Waals surface area contributed by atoms with Crippen LogP contribution in [0.15, 0.2) is 47.3 Å². The van der Waals surface area contributed by atoms with Crippen LogP contribution in [0.5, 0.6) is 0 Å². The fourth-order valence-electron chi connectivity index (χ4n) is 3.54. The maximum Gasteiger partial charge on any atom is 0.410 e. The maximum atomic E-state index is 12.4. The number of likely N-dealkylation sites (tertiary alicyclic amines) is 1. The molecule has 29 heavy (non-hydrogen) atoms. The van der Waals surface area contributed by atoms with Gasteiger partial charge in [-0.05, 0) is 30.4 Å². The zero-order valence-electron chi connectivity index (χ0n) is 17.1. The van der Waals surface area contributed by atoms with Crippen LogP contribution in [0.4, 0.5) is 4.79 Å². The van der Waals surface area contributed by atoms with Gasteiger partial charge in [-0.1, -0.05) is 62.9 Å². The predicted molar refractivity (Wildman–Crippen MR) is 115 cm³/mol. The normalized spacial score (nSPS) is 16.1. The number of allylic oxidation sites excluding steroid dienone is 2. The van der Waals surface area contributed by atoms with Gasteiger partial charge in [-0.2, -0.15) is 0 Å². The van der Waals surface area contributed by atoms with Crippen molar-refractivity contribution in [3.05, 3.63) is 69.2 Å². The minimum atomic E-state index is -0.307. The average Bonchev–Trinajstić information content (AvgIpc) is 3.00. The van der Waals surface area contributed by atoms with Gasteiger partial charge in [0.05, 0.1) is 10.7 Å². The summed E-state index contributed by atoms with van der Waals surface area (Å²) in [6, 6.07) is 9.67. The number of aromatic amines is 1. The summed E-state index contributed by atoms with van der Waals surface area (Å²) in [5.74, 6) is 0.434. The molecule has 2 aromatic rings. The van der Waals surface area contributed by atoms with Gasteiger partial charge in [0.25, 0.3) is 0 Å². The largest absolute Gasteiger partial charge is 0.445 e. The van der Waals surface area contributed by atoms with E-state index in [1.54, 1.807) is 9.47 Å². The van der Waals surface area contributed by atoms with Gasteiger partial charge in [0.15, 0.2) is 0 Å². The molecule has 6 nitrogen and oxygen atoms in total. The molecular formula is C23H29N3O3. The number of nitrogens with zero attached hydrogens (tertiary/aromatic N) is 2. The fourth-order valence-corrected chi connectivity index (χ4v) is 3.54. The third kappa shape index (κ3) is 5.28. The molecule has 3 rings (SSSR count). The van der Waals surface area contributed by atoms with Crippen molar-refractivity contribution in [3.8, 4) is 0 Å². The van der Waals surface area contributed by atoms with Crippen molar-refractivity contribution in [2.45, 2.75) is 39.3 Å². The van der Waals surface area contributed by atoms with Gasteiger partial charge in [-0.15, -0.1) is 0 Å². The van der Waals surface area contributed by atoms with E-state index in [4.69, 9.17) is 4.74 Å². The highest BCUT2D eigenvalue weighted by atomic mass is 16.6. The van der Waals surface area contributed by atoms with E-state index in [0.29, 0.717) is 37.2 Å². The Kier molecular flexibility index (Phi) is 6.75. The lowest BCUT2D eigenvalue weighted by molar-refractivity contribution is 0.0827. The number of benzene rings is 1. The van der Waals surface area contributed by atoms with Gasteiger partial charge in [-0.3, -0.25) is 4.57 Å². The summed E-state index contributed by atoms with van der Waals surface area (Å²) >= 11 is 0. The Labute approximate surface area is 170 Å². The number of H-pyrrole nitrogens is 1. The van der Waals surface area contributed by atoms with Crippen LogP contribution >= 0.6 is 0 Å². The molecule has 0 bridgehead atoms. The highest BCUT2D eigenvalue weighted by Gasteiger charge is 2.26. The zero-order valence-corrected chi connectivity index (χ0v) is 17.1. The molecule has 0 spiro atoms. The minimum Gasteiger partial charge on any atom is -0.445 e. The molecule has 0 saturated carbocycles. The Morgan fingerprint density at radius 3 is 2.62 bits per heavy atom. The molecule has 0 atom stereocenters. The molecular weight excluding hydrogens is 366 g/mol. The number of amides is 1. The lowest BCUT2D eigenvalue weighted by Crippen LogP contribution is -2.43. The summed E-state index contributed by atoms with van der Waals surface area (Å²) in [6.07, 6.45) is 7.07. The first kappa shape index (κ1) is 20.7. The Bertz CT molecular complexity index is 1010. The number of hydrogen-bond donors (Lipinski definition) is 1. The first-order chi connectivity index (χ1) is 14.0. The SMILES string of the molecule is C=c1[nH]c(=O)n(C2CCN(C(=O)OCc3ccccc3)CC2)/c1=C/C=C\C(C)C. The average molecular weight is 396 g/mol. The van der Waals surface area contributed by atoms with Gasteiger partial charge < -0.3 is 14.6 Å². The molecule has 1 aliphatic rings. The van der Waals surface area contributed by atoms with Crippen LogP contribution in [-0.2, 0) is 11.3 Å². The highest BCUT2D eigenvalue weighted by molar-refractivity contribution is 5.67. The molecule has 1 fully saturated rings. The lowest BCUT2D eigenvalue weighted by Gasteiger charge is -2.31. The van der Waals surface area contributed by atoms with Crippen LogP contribution < -0.4 is 16.4 Å². The first-order valence-electron chi connectivity index (χ1n) is 10.1. The van der Waals surface area contributed by atoms with Crippen LogP contribution in [0.2, 0.25) is 0 Å². The number of ether oxygens (including phenoxy) is 1. The third-order valence-electron chi connectivity index (χ3n) is 5.09. The number of carbonyl (C=O) groups excluding carboxylic acids is 1. The van der Waals surface area contributed by atoms with Gasteiger partial charge in [0.1, 0.15) is 6.61 Å².